The lowest BCUT2D eigenvalue weighted by Gasteiger charge is -2.12. The summed E-state index contributed by atoms with van der Waals surface area (Å²) in [5.41, 5.74) is 0.794. The summed E-state index contributed by atoms with van der Waals surface area (Å²) in [6, 6.07) is 12.2. The highest BCUT2D eigenvalue weighted by Gasteiger charge is 2.23. The first kappa shape index (κ1) is 21.6. The highest BCUT2D eigenvalue weighted by atomic mass is 32.2. The van der Waals surface area contributed by atoms with Gasteiger partial charge in [0.05, 0.1) is 16.2 Å². The fourth-order valence-corrected chi connectivity index (χ4v) is 4.10. The maximum absolute atomic E-state index is 12.7. The van der Waals surface area contributed by atoms with Crippen molar-refractivity contribution in [2.24, 2.45) is 5.92 Å². The van der Waals surface area contributed by atoms with Gasteiger partial charge in [0.1, 0.15) is 11.5 Å². The van der Waals surface area contributed by atoms with Crippen LogP contribution in [0.3, 0.4) is 0 Å². The van der Waals surface area contributed by atoms with Crippen molar-refractivity contribution in [3.8, 4) is 5.75 Å². The lowest BCUT2D eigenvalue weighted by atomic mass is 10.1. The van der Waals surface area contributed by atoms with Gasteiger partial charge >= 0.3 is 0 Å². The molecule has 0 saturated carbocycles. The number of benzene rings is 2. The number of ketones is 1. The van der Waals surface area contributed by atoms with E-state index in [2.05, 4.69) is 5.32 Å². The van der Waals surface area contributed by atoms with Crippen LogP contribution in [-0.4, -0.2) is 37.5 Å². The molecule has 7 heteroatoms. The third-order valence-electron chi connectivity index (χ3n) is 4.12. The first-order chi connectivity index (χ1) is 13.2. The number of phenolic OH excluding ortho intramolecular Hbond substituents is 1. The smallest absolute Gasteiger partial charge is 0.252 e. The zero-order chi connectivity index (χ0) is 20.7. The first-order valence-electron chi connectivity index (χ1n) is 9.08. The fourth-order valence-electron chi connectivity index (χ4n) is 2.61. The largest absolute Gasteiger partial charge is 0.508 e. The van der Waals surface area contributed by atoms with Gasteiger partial charge in [-0.3, -0.25) is 9.59 Å². The molecular formula is C21H25NO5S. The third-order valence-corrected chi connectivity index (χ3v) is 5.89. The van der Waals surface area contributed by atoms with Crippen LogP contribution in [0.1, 0.15) is 36.2 Å². The lowest BCUT2D eigenvalue weighted by molar-refractivity contribution is -0.118. The molecule has 0 saturated heterocycles. The van der Waals surface area contributed by atoms with E-state index in [4.69, 9.17) is 0 Å². The Morgan fingerprint density at radius 2 is 1.68 bits per heavy atom. The SMILES string of the molecule is CC(C)CNC(=O)c1ccccc1S(=O)(=O)CCC(=O)Cc1ccc(O)cc1. The van der Waals surface area contributed by atoms with Crippen molar-refractivity contribution in [1.29, 1.82) is 0 Å². The number of nitrogens with one attached hydrogen (secondary N) is 1. The second-order valence-electron chi connectivity index (χ2n) is 7.05. The third kappa shape index (κ3) is 6.20. The van der Waals surface area contributed by atoms with E-state index in [0.29, 0.717) is 12.1 Å². The molecule has 150 valence electrons. The van der Waals surface area contributed by atoms with Crippen LogP contribution in [0.4, 0.5) is 0 Å². The number of hydrogen-bond donors (Lipinski definition) is 2. The van der Waals surface area contributed by atoms with Gasteiger partial charge in [-0.25, -0.2) is 8.42 Å². The first-order valence-corrected chi connectivity index (χ1v) is 10.7. The molecule has 0 radical (unpaired) electrons. The van der Waals surface area contributed by atoms with Gasteiger partial charge in [-0.2, -0.15) is 0 Å². The summed E-state index contributed by atoms with van der Waals surface area (Å²) in [6.45, 7) is 4.34. The Hall–Kier alpha value is -2.67. The van der Waals surface area contributed by atoms with Crippen LogP contribution in [0.15, 0.2) is 53.4 Å². The number of carbonyl (C=O) groups is 2. The molecule has 0 unspecified atom stereocenters. The molecule has 0 aliphatic rings. The Bertz CT molecular complexity index is 934. The minimum absolute atomic E-state index is 0.0614. The molecule has 0 bridgehead atoms. The predicted octanol–water partition coefficient (Wildman–Crippen LogP) is 2.75. The van der Waals surface area contributed by atoms with Crippen molar-refractivity contribution in [2.75, 3.05) is 12.3 Å². The molecule has 28 heavy (non-hydrogen) atoms. The standard InChI is InChI=1S/C21H25NO5S/c1-15(2)14-22-21(25)19-5-3-4-6-20(19)28(26,27)12-11-18(24)13-16-7-9-17(23)10-8-16/h3-10,15,23H,11-14H2,1-2H3,(H,22,25). The highest BCUT2D eigenvalue weighted by molar-refractivity contribution is 7.91. The van der Waals surface area contributed by atoms with E-state index in [0.717, 1.165) is 0 Å². The summed E-state index contributed by atoms with van der Waals surface area (Å²) in [5, 5.41) is 12.0. The maximum Gasteiger partial charge on any atom is 0.252 e. The van der Waals surface area contributed by atoms with Crippen molar-refractivity contribution < 1.29 is 23.1 Å². The zero-order valence-corrected chi connectivity index (χ0v) is 16.8. The molecule has 2 aromatic rings. The molecular weight excluding hydrogens is 378 g/mol. The van der Waals surface area contributed by atoms with Crippen LogP contribution in [0.5, 0.6) is 5.75 Å². The van der Waals surface area contributed by atoms with E-state index >= 15 is 0 Å². The summed E-state index contributed by atoms with van der Waals surface area (Å²) >= 11 is 0. The van der Waals surface area contributed by atoms with Crippen molar-refractivity contribution >= 4 is 21.5 Å². The topological polar surface area (TPSA) is 101 Å². The van der Waals surface area contributed by atoms with Crippen LogP contribution in [0.25, 0.3) is 0 Å². The molecule has 2 aromatic carbocycles. The fraction of sp³-hybridized carbons (Fsp3) is 0.333. The Labute approximate surface area is 165 Å². The Balaban J connectivity index is 2.07. The molecule has 0 aromatic heterocycles. The molecule has 0 aliphatic heterocycles. The van der Waals surface area contributed by atoms with E-state index in [1.54, 1.807) is 24.3 Å². The number of carbonyl (C=O) groups excluding carboxylic acids is 2. The van der Waals surface area contributed by atoms with E-state index in [9.17, 15) is 23.1 Å². The number of Topliss-reactive ketones (excluding diaryl/α,β-unsaturated/α-hetero) is 1. The molecule has 0 heterocycles. The number of sulfone groups is 1. The van der Waals surface area contributed by atoms with Crippen molar-refractivity contribution in [1.82, 2.24) is 5.32 Å². The van der Waals surface area contributed by atoms with Crippen molar-refractivity contribution in [3.63, 3.8) is 0 Å². The van der Waals surface area contributed by atoms with Gasteiger partial charge in [-0.05, 0) is 35.7 Å². The van der Waals surface area contributed by atoms with Gasteiger partial charge in [0.15, 0.2) is 9.84 Å². The Morgan fingerprint density at radius 3 is 2.32 bits per heavy atom. The lowest BCUT2D eigenvalue weighted by Crippen LogP contribution is -2.29. The van der Waals surface area contributed by atoms with Crippen molar-refractivity contribution in [2.45, 2.75) is 31.6 Å². The molecule has 0 fully saturated rings. The quantitative estimate of drug-likeness (QED) is 0.670. The van der Waals surface area contributed by atoms with E-state index in [1.807, 2.05) is 13.8 Å². The van der Waals surface area contributed by atoms with E-state index in [1.165, 1.54) is 24.3 Å². The number of aromatic hydroxyl groups is 1. The van der Waals surface area contributed by atoms with Crippen molar-refractivity contribution in [3.05, 3.63) is 59.7 Å². The van der Waals surface area contributed by atoms with Gasteiger partial charge in [0.2, 0.25) is 0 Å². The molecule has 2 N–H and O–H groups in total. The summed E-state index contributed by atoms with van der Waals surface area (Å²) in [6.07, 6.45) is -0.0581. The number of rotatable bonds is 9. The van der Waals surface area contributed by atoms with Gasteiger partial charge in [0, 0.05) is 19.4 Å². The normalized spacial score (nSPS) is 11.4. The summed E-state index contributed by atoms with van der Waals surface area (Å²) in [7, 11) is -3.79. The second kappa shape index (κ2) is 9.50. The molecule has 0 spiro atoms. The Morgan fingerprint density at radius 1 is 1.04 bits per heavy atom. The van der Waals surface area contributed by atoms with Gasteiger partial charge in [-0.1, -0.05) is 38.1 Å². The molecule has 0 aliphatic carbocycles. The summed E-state index contributed by atoms with van der Waals surface area (Å²) in [5.74, 6) is -0.686. The molecule has 2 rings (SSSR count). The van der Waals surface area contributed by atoms with Crippen LogP contribution < -0.4 is 5.32 Å². The monoisotopic (exact) mass is 403 g/mol. The van der Waals surface area contributed by atoms with Gasteiger partial charge in [-0.15, -0.1) is 0 Å². The Kier molecular flexibility index (Phi) is 7.34. The zero-order valence-electron chi connectivity index (χ0n) is 16.0. The molecule has 0 atom stereocenters. The van der Waals surface area contributed by atoms with Crippen LogP contribution in [0.2, 0.25) is 0 Å². The minimum atomic E-state index is -3.79. The average molecular weight is 404 g/mol. The van der Waals surface area contributed by atoms with Crippen LogP contribution >= 0.6 is 0 Å². The van der Waals surface area contributed by atoms with E-state index in [-0.39, 0.29) is 46.5 Å². The minimum Gasteiger partial charge on any atom is -0.508 e. The predicted molar refractivity (Wildman–Crippen MR) is 107 cm³/mol. The van der Waals surface area contributed by atoms with E-state index < -0.39 is 15.7 Å². The molecule has 6 nitrogen and oxygen atoms in total. The van der Waals surface area contributed by atoms with Crippen LogP contribution in [-0.2, 0) is 21.1 Å². The number of hydrogen-bond acceptors (Lipinski definition) is 5. The highest BCUT2D eigenvalue weighted by Crippen LogP contribution is 2.19. The number of phenols is 1. The summed E-state index contributed by atoms with van der Waals surface area (Å²) in [4.78, 5) is 24.5. The summed E-state index contributed by atoms with van der Waals surface area (Å²) < 4.78 is 25.5. The number of amides is 1. The van der Waals surface area contributed by atoms with Crippen LogP contribution in [0, 0.1) is 5.92 Å². The average Bonchev–Trinajstić information content (AvgIpc) is 2.66. The second-order valence-corrected chi connectivity index (χ2v) is 9.13. The van der Waals surface area contributed by atoms with Gasteiger partial charge < -0.3 is 10.4 Å². The van der Waals surface area contributed by atoms with Gasteiger partial charge in [0.25, 0.3) is 5.91 Å². The maximum atomic E-state index is 12.7. The molecule has 1 amide bonds.